The molecular formula is C14H12O2. The van der Waals surface area contributed by atoms with Crippen LogP contribution in [-0.2, 0) is 0 Å². The van der Waals surface area contributed by atoms with Gasteiger partial charge in [-0.15, -0.1) is 0 Å². The molecule has 0 saturated carbocycles. The lowest BCUT2D eigenvalue weighted by Gasteiger charge is -2.01. The Kier molecular flexibility index (Phi) is 1.90. The van der Waals surface area contributed by atoms with Crippen LogP contribution in [0, 0.1) is 6.92 Å². The molecule has 2 aromatic carbocycles. The number of aryl methyl sites for hydroxylation is 1. The maximum absolute atomic E-state index is 5.83. The van der Waals surface area contributed by atoms with Gasteiger partial charge in [0.1, 0.15) is 5.58 Å². The molecule has 80 valence electrons. The molecule has 0 bridgehead atoms. The third-order valence-electron chi connectivity index (χ3n) is 2.92. The van der Waals surface area contributed by atoms with Crippen LogP contribution in [0.25, 0.3) is 21.9 Å². The van der Waals surface area contributed by atoms with Crippen molar-refractivity contribution in [1.29, 1.82) is 0 Å². The fourth-order valence-corrected chi connectivity index (χ4v) is 2.13. The molecule has 3 rings (SSSR count). The number of furan rings is 1. The van der Waals surface area contributed by atoms with Crippen LogP contribution in [0.1, 0.15) is 5.56 Å². The van der Waals surface area contributed by atoms with E-state index in [4.69, 9.17) is 9.15 Å². The molecule has 2 heteroatoms. The summed E-state index contributed by atoms with van der Waals surface area (Å²) in [5.74, 6) is 0.789. The topological polar surface area (TPSA) is 22.4 Å². The number of hydrogen-bond acceptors (Lipinski definition) is 2. The van der Waals surface area contributed by atoms with E-state index in [9.17, 15) is 0 Å². The zero-order chi connectivity index (χ0) is 11.1. The Morgan fingerprint density at radius 2 is 1.88 bits per heavy atom. The van der Waals surface area contributed by atoms with Crippen molar-refractivity contribution >= 4 is 21.9 Å². The molecule has 0 saturated heterocycles. The quantitative estimate of drug-likeness (QED) is 0.610. The lowest BCUT2D eigenvalue weighted by Crippen LogP contribution is -1.84. The zero-order valence-electron chi connectivity index (χ0n) is 9.28. The number of ether oxygens (including phenoxy) is 1. The van der Waals surface area contributed by atoms with Crippen molar-refractivity contribution in [2.75, 3.05) is 7.11 Å². The molecule has 0 amide bonds. The Morgan fingerprint density at radius 1 is 1.06 bits per heavy atom. The highest BCUT2D eigenvalue weighted by molar-refractivity contribution is 6.08. The van der Waals surface area contributed by atoms with E-state index in [0.717, 1.165) is 27.7 Å². The molecule has 0 aliphatic rings. The Hall–Kier alpha value is -1.96. The Bertz CT molecular complexity index is 665. The molecule has 0 radical (unpaired) electrons. The van der Waals surface area contributed by atoms with E-state index in [2.05, 4.69) is 19.1 Å². The number of hydrogen-bond donors (Lipinski definition) is 0. The highest BCUT2D eigenvalue weighted by Crippen LogP contribution is 2.36. The predicted octanol–water partition coefficient (Wildman–Crippen LogP) is 3.90. The first-order chi connectivity index (χ1) is 7.81. The first-order valence-corrected chi connectivity index (χ1v) is 5.26. The van der Waals surface area contributed by atoms with Crippen LogP contribution in [0.2, 0.25) is 0 Å². The third kappa shape index (κ3) is 1.13. The van der Waals surface area contributed by atoms with E-state index in [1.165, 1.54) is 5.56 Å². The van der Waals surface area contributed by atoms with Gasteiger partial charge in [-0.1, -0.05) is 24.3 Å². The van der Waals surface area contributed by atoms with Crippen LogP contribution in [-0.4, -0.2) is 7.11 Å². The minimum Gasteiger partial charge on any atom is -0.493 e. The number of methoxy groups -OCH3 is 1. The maximum atomic E-state index is 5.83. The molecule has 3 aromatic rings. The largest absolute Gasteiger partial charge is 0.493 e. The first kappa shape index (κ1) is 9.28. The second-order valence-electron chi connectivity index (χ2n) is 3.89. The van der Waals surface area contributed by atoms with Gasteiger partial charge in [-0.25, -0.2) is 0 Å². The van der Waals surface area contributed by atoms with Crippen LogP contribution in [0.3, 0.4) is 0 Å². The molecule has 0 fully saturated rings. The Balaban J connectivity index is 2.58. The van der Waals surface area contributed by atoms with Gasteiger partial charge in [0, 0.05) is 10.8 Å². The normalized spacial score (nSPS) is 11.1. The van der Waals surface area contributed by atoms with Gasteiger partial charge in [-0.05, 0) is 24.6 Å². The maximum Gasteiger partial charge on any atom is 0.177 e. The fourth-order valence-electron chi connectivity index (χ4n) is 2.13. The van der Waals surface area contributed by atoms with Crippen LogP contribution >= 0.6 is 0 Å². The van der Waals surface area contributed by atoms with Crippen molar-refractivity contribution < 1.29 is 9.15 Å². The summed E-state index contributed by atoms with van der Waals surface area (Å²) < 4.78 is 11.1. The van der Waals surface area contributed by atoms with Gasteiger partial charge in [0.05, 0.1) is 7.11 Å². The minimum atomic E-state index is 0.789. The van der Waals surface area contributed by atoms with E-state index in [-0.39, 0.29) is 0 Å². The van der Waals surface area contributed by atoms with E-state index in [1.807, 2.05) is 24.3 Å². The van der Waals surface area contributed by atoms with Crippen molar-refractivity contribution in [3.8, 4) is 5.75 Å². The number of benzene rings is 2. The molecule has 0 spiro atoms. The summed E-state index contributed by atoms with van der Waals surface area (Å²) in [5.41, 5.74) is 2.95. The van der Waals surface area contributed by atoms with Crippen molar-refractivity contribution in [3.05, 3.63) is 42.0 Å². The van der Waals surface area contributed by atoms with Gasteiger partial charge >= 0.3 is 0 Å². The van der Waals surface area contributed by atoms with Crippen LogP contribution < -0.4 is 4.74 Å². The van der Waals surface area contributed by atoms with Crippen molar-refractivity contribution in [3.63, 3.8) is 0 Å². The van der Waals surface area contributed by atoms with E-state index < -0.39 is 0 Å². The molecule has 0 unspecified atom stereocenters. The SMILES string of the molecule is COc1ccc(C)c2c1oc1ccccc12. The summed E-state index contributed by atoms with van der Waals surface area (Å²) in [6.45, 7) is 2.09. The molecule has 0 aliphatic heterocycles. The van der Waals surface area contributed by atoms with E-state index >= 15 is 0 Å². The highest BCUT2D eigenvalue weighted by atomic mass is 16.5. The highest BCUT2D eigenvalue weighted by Gasteiger charge is 2.12. The summed E-state index contributed by atoms with van der Waals surface area (Å²) in [6, 6.07) is 12.1. The molecular weight excluding hydrogens is 200 g/mol. The molecule has 1 aromatic heterocycles. The second kappa shape index (κ2) is 3.27. The van der Waals surface area contributed by atoms with Crippen molar-refractivity contribution in [2.24, 2.45) is 0 Å². The van der Waals surface area contributed by atoms with Crippen LogP contribution in [0.5, 0.6) is 5.75 Å². The van der Waals surface area contributed by atoms with Gasteiger partial charge < -0.3 is 9.15 Å². The van der Waals surface area contributed by atoms with Crippen molar-refractivity contribution in [1.82, 2.24) is 0 Å². The number of para-hydroxylation sites is 1. The van der Waals surface area contributed by atoms with Gasteiger partial charge in [0.15, 0.2) is 11.3 Å². The summed E-state index contributed by atoms with van der Waals surface area (Å²) in [6.07, 6.45) is 0. The summed E-state index contributed by atoms with van der Waals surface area (Å²) in [4.78, 5) is 0. The lowest BCUT2D eigenvalue weighted by atomic mass is 10.1. The van der Waals surface area contributed by atoms with Gasteiger partial charge in [0.25, 0.3) is 0 Å². The molecule has 0 atom stereocenters. The third-order valence-corrected chi connectivity index (χ3v) is 2.92. The molecule has 16 heavy (non-hydrogen) atoms. The average molecular weight is 212 g/mol. The Morgan fingerprint density at radius 3 is 2.69 bits per heavy atom. The number of fused-ring (bicyclic) bond motifs is 3. The summed E-state index contributed by atoms with van der Waals surface area (Å²) in [5, 5.41) is 2.30. The zero-order valence-corrected chi connectivity index (χ0v) is 9.28. The monoisotopic (exact) mass is 212 g/mol. The van der Waals surface area contributed by atoms with Crippen LogP contribution in [0.15, 0.2) is 40.8 Å². The fraction of sp³-hybridized carbons (Fsp3) is 0.143. The minimum absolute atomic E-state index is 0.789. The van der Waals surface area contributed by atoms with E-state index in [0.29, 0.717) is 0 Å². The standard InChI is InChI=1S/C14H12O2/c1-9-7-8-12(15-2)14-13(9)10-5-3-4-6-11(10)16-14/h3-8H,1-2H3. The number of rotatable bonds is 1. The van der Waals surface area contributed by atoms with Gasteiger partial charge in [-0.2, -0.15) is 0 Å². The lowest BCUT2D eigenvalue weighted by molar-refractivity contribution is 0.412. The smallest absolute Gasteiger partial charge is 0.177 e. The molecule has 0 N–H and O–H groups in total. The summed E-state index contributed by atoms with van der Waals surface area (Å²) >= 11 is 0. The van der Waals surface area contributed by atoms with E-state index in [1.54, 1.807) is 7.11 Å². The van der Waals surface area contributed by atoms with Crippen LogP contribution in [0.4, 0.5) is 0 Å². The van der Waals surface area contributed by atoms with Gasteiger partial charge in [0.2, 0.25) is 0 Å². The molecule has 0 aliphatic carbocycles. The first-order valence-electron chi connectivity index (χ1n) is 5.26. The Labute approximate surface area is 93.4 Å². The molecule has 2 nitrogen and oxygen atoms in total. The second-order valence-corrected chi connectivity index (χ2v) is 3.89. The summed E-state index contributed by atoms with van der Waals surface area (Å²) in [7, 11) is 1.66. The average Bonchev–Trinajstić information content (AvgIpc) is 2.69. The molecule has 1 heterocycles. The van der Waals surface area contributed by atoms with Crippen molar-refractivity contribution in [2.45, 2.75) is 6.92 Å². The predicted molar refractivity (Wildman–Crippen MR) is 65.0 cm³/mol. The van der Waals surface area contributed by atoms with Gasteiger partial charge in [-0.3, -0.25) is 0 Å².